The maximum atomic E-state index is 13.9. The molecule has 1 aromatic carbocycles. The van der Waals surface area contributed by atoms with Crippen LogP contribution in [0.25, 0.3) is 10.7 Å². The van der Waals surface area contributed by atoms with Crippen LogP contribution >= 0.6 is 11.3 Å². The van der Waals surface area contributed by atoms with Gasteiger partial charge in [-0.1, -0.05) is 31.3 Å². The number of halogens is 2. The van der Waals surface area contributed by atoms with Crippen LogP contribution in [0.15, 0.2) is 30.6 Å². The van der Waals surface area contributed by atoms with E-state index in [0.29, 0.717) is 16.6 Å². The largest absolute Gasteiger partial charge is 0.340 e. The number of rotatable bonds is 6. The van der Waals surface area contributed by atoms with Crippen molar-refractivity contribution in [2.45, 2.75) is 26.8 Å². The minimum Gasteiger partial charge on any atom is -0.340 e. The first kappa shape index (κ1) is 21.6. The minimum atomic E-state index is -1.02. The lowest BCUT2D eigenvalue weighted by atomic mass is 10.0. The van der Waals surface area contributed by atoms with Crippen molar-refractivity contribution in [1.82, 2.24) is 19.9 Å². The Morgan fingerprint density at radius 3 is 2.43 bits per heavy atom. The van der Waals surface area contributed by atoms with E-state index in [0.717, 1.165) is 23.1 Å². The molecule has 0 saturated carbocycles. The number of carbonyl (C=O) groups excluding carboxylic acids is 2. The molecular weight excluding hydrogens is 412 g/mol. The number of imidazole rings is 1. The van der Waals surface area contributed by atoms with E-state index in [9.17, 15) is 18.4 Å². The van der Waals surface area contributed by atoms with E-state index in [4.69, 9.17) is 0 Å². The molecule has 0 aliphatic carbocycles. The van der Waals surface area contributed by atoms with Crippen LogP contribution in [-0.4, -0.2) is 32.4 Å². The molecule has 0 saturated heterocycles. The molecule has 2 aromatic heterocycles. The lowest BCUT2D eigenvalue weighted by molar-refractivity contribution is -0.118. The quantitative estimate of drug-likeness (QED) is 0.623. The van der Waals surface area contributed by atoms with Crippen LogP contribution < -0.4 is 10.6 Å². The highest BCUT2D eigenvalue weighted by Crippen LogP contribution is 2.31. The van der Waals surface area contributed by atoms with E-state index in [2.05, 4.69) is 20.6 Å². The third kappa shape index (κ3) is 4.38. The summed E-state index contributed by atoms with van der Waals surface area (Å²) in [6.07, 6.45) is 3.47. The predicted molar refractivity (Wildman–Crippen MR) is 110 cm³/mol. The number of aryl methyl sites for hydroxylation is 2. The number of hydrogen-bond acceptors (Lipinski definition) is 5. The Labute approximate surface area is 176 Å². The van der Waals surface area contributed by atoms with Crippen molar-refractivity contribution in [3.8, 4) is 10.7 Å². The normalized spacial score (nSPS) is 12.1. The molecule has 1 unspecified atom stereocenters. The Balaban J connectivity index is 1.78. The molecule has 0 aliphatic heterocycles. The van der Waals surface area contributed by atoms with Crippen LogP contribution in [-0.2, 0) is 11.8 Å². The summed E-state index contributed by atoms with van der Waals surface area (Å²) >= 11 is 1.25. The summed E-state index contributed by atoms with van der Waals surface area (Å²) in [5, 5.41) is 5.44. The van der Waals surface area contributed by atoms with Crippen LogP contribution in [0.5, 0.6) is 0 Å². The Morgan fingerprint density at radius 2 is 1.87 bits per heavy atom. The van der Waals surface area contributed by atoms with Crippen molar-refractivity contribution in [2.24, 2.45) is 13.0 Å². The number of nitrogens with zero attached hydrogens (tertiary/aromatic N) is 3. The number of aromatic nitrogens is 3. The van der Waals surface area contributed by atoms with Crippen molar-refractivity contribution in [2.75, 3.05) is 5.32 Å². The summed E-state index contributed by atoms with van der Waals surface area (Å²) < 4.78 is 29.6. The van der Waals surface area contributed by atoms with Gasteiger partial charge in [-0.05, 0) is 25.0 Å². The summed E-state index contributed by atoms with van der Waals surface area (Å²) in [4.78, 5) is 34.7. The molecule has 2 amide bonds. The topological polar surface area (TPSA) is 88.9 Å². The maximum absolute atomic E-state index is 13.9. The Bertz CT molecular complexity index is 1070. The fraction of sp³-hybridized carbons (Fsp3) is 0.300. The second-order valence-electron chi connectivity index (χ2n) is 7.08. The van der Waals surface area contributed by atoms with Gasteiger partial charge < -0.3 is 15.2 Å². The van der Waals surface area contributed by atoms with E-state index in [-0.39, 0.29) is 5.92 Å². The van der Waals surface area contributed by atoms with E-state index >= 15 is 0 Å². The van der Waals surface area contributed by atoms with Gasteiger partial charge in [-0.15, -0.1) is 0 Å². The molecule has 0 spiro atoms. The summed E-state index contributed by atoms with van der Waals surface area (Å²) in [6, 6.07) is 2.12. The number of carbonyl (C=O) groups is 2. The molecule has 7 nitrogen and oxygen atoms in total. The molecule has 158 valence electrons. The third-order valence-electron chi connectivity index (χ3n) is 4.48. The van der Waals surface area contributed by atoms with Gasteiger partial charge >= 0.3 is 0 Å². The van der Waals surface area contributed by atoms with Gasteiger partial charge in [0.25, 0.3) is 5.91 Å². The zero-order valence-corrected chi connectivity index (χ0v) is 17.7. The van der Waals surface area contributed by atoms with Gasteiger partial charge in [0.05, 0.1) is 10.6 Å². The van der Waals surface area contributed by atoms with Crippen LogP contribution in [0.4, 0.5) is 13.9 Å². The highest BCUT2D eigenvalue weighted by Gasteiger charge is 2.28. The van der Waals surface area contributed by atoms with Crippen molar-refractivity contribution >= 4 is 28.3 Å². The fourth-order valence-corrected chi connectivity index (χ4v) is 3.90. The number of anilines is 1. The molecule has 0 radical (unpaired) electrons. The SMILES string of the molecule is Cc1nc(NC(=O)C(NC(=O)c2c(F)cccc2F)C(C)C)sc1-c1nccn1C. The summed E-state index contributed by atoms with van der Waals surface area (Å²) in [5.74, 6) is -3.14. The van der Waals surface area contributed by atoms with E-state index < -0.39 is 35.1 Å². The molecule has 30 heavy (non-hydrogen) atoms. The van der Waals surface area contributed by atoms with Gasteiger partial charge in [0.15, 0.2) is 11.0 Å². The van der Waals surface area contributed by atoms with Crippen molar-refractivity contribution in [1.29, 1.82) is 0 Å². The Kier molecular flexibility index (Phi) is 6.25. The first-order valence-corrected chi connectivity index (χ1v) is 10.0. The number of benzene rings is 1. The second-order valence-corrected chi connectivity index (χ2v) is 8.08. The van der Waals surface area contributed by atoms with Crippen LogP contribution in [0, 0.1) is 24.5 Å². The molecule has 0 bridgehead atoms. The molecule has 3 rings (SSSR count). The summed E-state index contributed by atoms with van der Waals surface area (Å²) in [5.41, 5.74) is -0.0266. The zero-order valence-electron chi connectivity index (χ0n) is 16.9. The van der Waals surface area contributed by atoms with Gasteiger partial charge in [0.2, 0.25) is 5.91 Å². The fourth-order valence-electron chi connectivity index (χ4n) is 2.89. The van der Waals surface area contributed by atoms with Crippen molar-refractivity contribution in [3.63, 3.8) is 0 Å². The Morgan fingerprint density at radius 1 is 1.20 bits per heavy atom. The molecule has 0 aliphatic rings. The monoisotopic (exact) mass is 433 g/mol. The third-order valence-corrected chi connectivity index (χ3v) is 5.55. The molecule has 0 fully saturated rings. The number of amides is 2. The lowest BCUT2D eigenvalue weighted by Crippen LogP contribution is -2.47. The number of hydrogen-bond donors (Lipinski definition) is 2. The average Bonchev–Trinajstić information content (AvgIpc) is 3.24. The van der Waals surface area contributed by atoms with Crippen molar-refractivity contribution < 1.29 is 18.4 Å². The first-order valence-electron chi connectivity index (χ1n) is 9.20. The van der Waals surface area contributed by atoms with Gasteiger partial charge in [-0.3, -0.25) is 9.59 Å². The highest BCUT2D eigenvalue weighted by molar-refractivity contribution is 7.19. The van der Waals surface area contributed by atoms with Crippen LogP contribution in [0.3, 0.4) is 0 Å². The first-order chi connectivity index (χ1) is 14.2. The standard InChI is InChI=1S/C20H21F2N5O2S/c1-10(2)15(25-18(28)14-12(21)6-5-7-13(14)22)19(29)26-20-24-11(3)16(30-20)17-23-8-9-27(17)4/h5-10,15H,1-4H3,(H,25,28)(H,24,26,29). The summed E-state index contributed by atoms with van der Waals surface area (Å²) in [7, 11) is 1.85. The van der Waals surface area contributed by atoms with Gasteiger partial charge in [0, 0.05) is 19.4 Å². The van der Waals surface area contributed by atoms with Gasteiger partial charge in [0.1, 0.15) is 23.2 Å². The highest BCUT2D eigenvalue weighted by atomic mass is 32.1. The average molecular weight is 433 g/mol. The maximum Gasteiger partial charge on any atom is 0.257 e. The van der Waals surface area contributed by atoms with Gasteiger partial charge in [-0.2, -0.15) is 0 Å². The Hall–Kier alpha value is -3.14. The molecule has 2 heterocycles. The predicted octanol–water partition coefficient (Wildman–Crippen LogP) is 3.52. The molecular formula is C20H21F2N5O2S. The smallest absolute Gasteiger partial charge is 0.257 e. The number of thiazole rings is 1. The molecule has 2 N–H and O–H groups in total. The summed E-state index contributed by atoms with van der Waals surface area (Å²) in [6.45, 7) is 5.24. The van der Waals surface area contributed by atoms with Gasteiger partial charge in [-0.25, -0.2) is 18.7 Å². The molecule has 10 heteroatoms. The molecule has 3 aromatic rings. The van der Waals surface area contributed by atoms with E-state index in [1.807, 2.05) is 11.6 Å². The van der Waals surface area contributed by atoms with E-state index in [1.54, 1.807) is 33.2 Å². The van der Waals surface area contributed by atoms with Crippen molar-refractivity contribution in [3.05, 3.63) is 53.5 Å². The van der Waals surface area contributed by atoms with Crippen LogP contribution in [0.2, 0.25) is 0 Å². The minimum absolute atomic E-state index is 0.334. The number of nitrogens with one attached hydrogen (secondary N) is 2. The second kappa shape index (κ2) is 8.70. The van der Waals surface area contributed by atoms with E-state index in [1.165, 1.54) is 11.3 Å². The van der Waals surface area contributed by atoms with Crippen LogP contribution in [0.1, 0.15) is 29.9 Å². The molecule has 1 atom stereocenters. The zero-order chi connectivity index (χ0) is 22.0. The lowest BCUT2D eigenvalue weighted by Gasteiger charge is -2.21.